The molecule has 0 aromatic carbocycles. The molecule has 0 aliphatic rings. The molecule has 0 saturated heterocycles. The second kappa shape index (κ2) is 28.5. The van der Waals surface area contributed by atoms with Crippen molar-refractivity contribution in [3.63, 3.8) is 0 Å². The van der Waals surface area contributed by atoms with Crippen molar-refractivity contribution in [2.45, 2.75) is 174 Å². The Morgan fingerprint density at radius 2 is 0.781 bits per heavy atom. The van der Waals surface area contributed by atoms with Gasteiger partial charge in [-0.2, -0.15) is 0 Å². The van der Waals surface area contributed by atoms with Crippen molar-refractivity contribution in [2.24, 2.45) is 5.73 Å². The first-order valence-corrected chi connectivity index (χ1v) is 14.9. The summed E-state index contributed by atoms with van der Waals surface area (Å²) in [5, 5.41) is 0. The lowest BCUT2D eigenvalue weighted by molar-refractivity contribution is 0.480. The Kier molecular flexibility index (Phi) is 28.0. The summed E-state index contributed by atoms with van der Waals surface area (Å²) >= 11 is 0. The predicted molar refractivity (Wildman–Crippen MR) is 148 cm³/mol. The van der Waals surface area contributed by atoms with Crippen LogP contribution in [0.1, 0.15) is 168 Å². The fourth-order valence-corrected chi connectivity index (χ4v) is 4.43. The summed E-state index contributed by atoms with van der Waals surface area (Å²) in [7, 11) is 0. The molecule has 0 spiro atoms. The highest BCUT2D eigenvalue weighted by Gasteiger charge is 2.02. The van der Waals surface area contributed by atoms with Gasteiger partial charge in [-0.1, -0.05) is 147 Å². The SMILES string of the molecule is CCCCCC=CCC=CCCCCCCCCCCCC(N)CCCCCCCCC. The quantitative estimate of drug-likeness (QED) is 0.103. The third kappa shape index (κ3) is 27.5. The van der Waals surface area contributed by atoms with Crippen molar-refractivity contribution in [1.29, 1.82) is 0 Å². The summed E-state index contributed by atoms with van der Waals surface area (Å²) in [6.07, 6.45) is 42.0. The highest BCUT2D eigenvalue weighted by Crippen LogP contribution is 2.14. The van der Waals surface area contributed by atoms with Gasteiger partial charge in [0.15, 0.2) is 0 Å². The molecule has 2 N–H and O–H groups in total. The Morgan fingerprint density at radius 1 is 0.438 bits per heavy atom. The molecule has 0 radical (unpaired) electrons. The van der Waals surface area contributed by atoms with Gasteiger partial charge in [0, 0.05) is 6.04 Å². The Bertz CT molecular complexity index is 384. The molecule has 1 nitrogen and oxygen atoms in total. The smallest absolute Gasteiger partial charge is 0.00388 e. The summed E-state index contributed by atoms with van der Waals surface area (Å²) in [5.41, 5.74) is 6.30. The van der Waals surface area contributed by atoms with Crippen molar-refractivity contribution in [3.05, 3.63) is 24.3 Å². The predicted octanol–water partition coefficient (Wildman–Crippen LogP) is 10.8. The molecule has 0 bridgehead atoms. The average Bonchev–Trinajstić information content (AvgIpc) is 2.80. The molecular formula is C31H61N. The van der Waals surface area contributed by atoms with Crippen LogP contribution >= 0.6 is 0 Å². The van der Waals surface area contributed by atoms with Crippen LogP contribution in [0, 0.1) is 0 Å². The second-order valence-corrected chi connectivity index (χ2v) is 10.1. The number of rotatable bonds is 26. The second-order valence-electron chi connectivity index (χ2n) is 10.1. The van der Waals surface area contributed by atoms with Crippen LogP contribution in [0.5, 0.6) is 0 Å². The van der Waals surface area contributed by atoms with E-state index < -0.39 is 0 Å². The molecule has 0 heterocycles. The molecule has 0 aromatic rings. The standard InChI is InChI=1S/C31H61N/c1-3-5-7-9-11-12-13-14-15-16-17-18-19-20-21-22-24-26-28-30-31(32)29-27-25-23-10-8-6-4-2/h11-12,14-15,31H,3-10,13,16-30,32H2,1-2H3. The van der Waals surface area contributed by atoms with Crippen molar-refractivity contribution < 1.29 is 0 Å². The average molecular weight is 448 g/mol. The summed E-state index contributed by atoms with van der Waals surface area (Å²) in [5.74, 6) is 0. The number of nitrogens with two attached hydrogens (primary N) is 1. The Hall–Kier alpha value is -0.560. The largest absolute Gasteiger partial charge is 0.328 e. The van der Waals surface area contributed by atoms with E-state index in [1.807, 2.05) is 0 Å². The van der Waals surface area contributed by atoms with Crippen LogP contribution in [0.3, 0.4) is 0 Å². The molecule has 0 fully saturated rings. The molecule has 0 aliphatic carbocycles. The maximum atomic E-state index is 6.30. The normalized spacial score (nSPS) is 13.0. The first kappa shape index (κ1) is 31.4. The summed E-state index contributed by atoms with van der Waals surface area (Å²) in [6.45, 7) is 4.56. The van der Waals surface area contributed by atoms with E-state index in [1.54, 1.807) is 0 Å². The van der Waals surface area contributed by atoms with Gasteiger partial charge in [0.1, 0.15) is 0 Å². The molecule has 190 valence electrons. The summed E-state index contributed by atoms with van der Waals surface area (Å²) in [6, 6.07) is 0.460. The van der Waals surface area contributed by atoms with Gasteiger partial charge in [-0.3, -0.25) is 0 Å². The van der Waals surface area contributed by atoms with Crippen LogP contribution in [-0.2, 0) is 0 Å². The first-order valence-electron chi connectivity index (χ1n) is 14.9. The van der Waals surface area contributed by atoms with Gasteiger partial charge in [-0.15, -0.1) is 0 Å². The van der Waals surface area contributed by atoms with Gasteiger partial charge in [0.05, 0.1) is 0 Å². The van der Waals surface area contributed by atoms with Crippen molar-refractivity contribution in [2.75, 3.05) is 0 Å². The van der Waals surface area contributed by atoms with Crippen molar-refractivity contribution >= 4 is 0 Å². The molecular weight excluding hydrogens is 386 g/mol. The maximum Gasteiger partial charge on any atom is 0.00388 e. The van der Waals surface area contributed by atoms with E-state index in [4.69, 9.17) is 5.73 Å². The van der Waals surface area contributed by atoms with Crippen LogP contribution in [-0.4, -0.2) is 6.04 Å². The lowest BCUT2D eigenvalue weighted by Gasteiger charge is -2.11. The Labute approximate surface area is 204 Å². The van der Waals surface area contributed by atoms with E-state index in [0.717, 1.165) is 6.42 Å². The van der Waals surface area contributed by atoms with Crippen LogP contribution in [0.4, 0.5) is 0 Å². The fraction of sp³-hybridized carbons (Fsp3) is 0.871. The van der Waals surface area contributed by atoms with Crippen LogP contribution in [0.25, 0.3) is 0 Å². The van der Waals surface area contributed by atoms with E-state index in [-0.39, 0.29) is 0 Å². The van der Waals surface area contributed by atoms with E-state index >= 15 is 0 Å². The molecule has 0 saturated carbocycles. The van der Waals surface area contributed by atoms with E-state index in [9.17, 15) is 0 Å². The van der Waals surface area contributed by atoms with Crippen LogP contribution in [0.15, 0.2) is 24.3 Å². The van der Waals surface area contributed by atoms with Crippen LogP contribution < -0.4 is 5.73 Å². The van der Waals surface area contributed by atoms with Crippen molar-refractivity contribution in [3.8, 4) is 0 Å². The number of unbranched alkanes of at least 4 members (excludes halogenated alkanes) is 18. The number of hydrogen-bond acceptors (Lipinski definition) is 1. The highest BCUT2D eigenvalue weighted by molar-refractivity contribution is 4.92. The fourth-order valence-electron chi connectivity index (χ4n) is 4.43. The number of hydrogen-bond donors (Lipinski definition) is 1. The molecule has 0 rings (SSSR count). The molecule has 0 aromatic heterocycles. The minimum atomic E-state index is 0.460. The highest BCUT2D eigenvalue weighted by atomic mass is 14.6. The Morgan fingerprint density at radius 3 is 1.25 bits per heavy atom. The van der Waals surface area contributed by atoms with Crippen LogP contribution in [0.2, 0.25) is 0 Å². The minimum Gasteiger partial charge on any atom is -0.328 e. The molecule has 1 unspecified atom stereocenters. The molecule has 0 aliphatic heterocycles. The molecule has 1 atom stereocenters. The Balaban J connectivity index is 3.20. The van der Waals surface area contributed by atoms with Gasteiger partial charge in [0.2, 0.25) is 0 Å². The summed E-state index contributed by atoms with van der Waals surface area (Å²) in [4.78, 5) is 0. The molecule has 1 heteroatoms. The lowest BCUT2D eigenvalue weighted by Crippen LogP contribution is -2.19. The van der Waals surface area contributed by atoms with Gasteiger partial charge in [-0.05, 0) is 44.9 Å². The molecule has 0 amide bonds. The third-order valence-electron chi connectivity index (χ3n) is 6.70. The monoisotopic (exact) mass is 447 g/mol. The first-order chi connectivity index (χ1) is 15.8. The van der Waals surface area contributed by atoms with Gasteiger partial charge < -0.3 is 5.73 Å². The van der Waals surface area contributed by atoms with Gasteiger partial charge in [-0.25, -0.2) is 0 Å². The minimum absolute atomic E-state index is 0.460. The van der Waals surface area contributed by atoms with E-state index in [0.29, 0.717) is 6.04 Å². The zero-order valence-electron chi connectivity index (χ0n) is 22.4. The third-order valence-corrected chi connectivity index (χ3v) is 6.70. The summed E-state index contributed by atoms with van der Waals surface area (Å²) < 4.78 is 0. The van der Waals surface area contributed by atoms with E-state index in [1.165, 1.54) is 148 Å². The topological polar surface area (TPSA) is 26.0 Å². The van der Waals surface area contributed by atoms with Gasteiger partial charge in [0.25, 0.3) is 0 Å². The number of allylic oxidation sites excluding steroid dienone is 4. The maximum absolute atomic E-state index is 6.30. The zero-order valence-corrected chi connectivity index (χ0v) is 22.4. The van der Waals surface area contributed by atoms with Crippen molar-refractivity contribution in [1.82, 2.24) is 0 Å². The molecule has 32 heavy (non-hydrogen) atoms. The zero-order chi connectivity index (χ0) is 23.4. The van der Waals surface area contributed by atoms with E-state index in [2.05, 4.69) is 38.2 Å². The lowest BCUT2D eigenvalue weighted by atomic mass is 10.0. The van der Waals surface area contributed by atoms with Gasteiger partial charge >= 0.3 is 0 Å².